The number of benzene rings is 2. The molecule has 0 fully saturated rings. The summed E-state index contributed by atoms with van der Waals surface area (Å²) < 4.78 is 5.62. The molecule has 2 aromatic carbocycles. The Morgan fingerprint density at radius 3 is 2.52 bits per heavy atom. The molecule has 150 valence electrons. The standard InChI is InChI=1S/C23H24N2O4/c1-14(26)29-20(13-24-23(2)11-15-5-3-4-6-16(15)12-23)17-7-9-19(27)22-18(17)8-10-21(28)25-22/h3-10,20,24,27H,11-13H2,1-2H3,(H,25,28)/t20-/m0/s1. The topological polar surface area (TPSA) is 91.4 Å². The van der Waals surface area contributed by atoms with Gasteiger partial charge in [-0.25, -0.2) is 0 Å². The lowest BCUT2D eigenvalue weighted by Gasteiger charge is -2.29. The van der Waals surface area contributed by atoms with Gasteiger partial charge in [-0.2, -0.15) is 0 Å². The van der Waals surface area contributed by atoms with Crippen molar-refractivity contribution in [3.05, 3.63) is 75.6 Å². The maximum Gasteiger partial charge on any atom is 0.303 e. The Morgan fingerprint density at radius 2 is 1.86 bits per heavy atom. The van der Waals surface area contributed by atoms with Crippen LogP contribution < -0.4 is 10.9 Å². The molecule has 1 atom stereocenters. The highest BCUT2D eigenvalue weighted by atomic mass is 16.5. The normalized spacial score (nSPS) is 15.8. The van der Waals surface area contributed by atoms with Crippen molar-refractivity contribution in [1.82, 2.24) is 10.3 Å². The van der Waals surface area contributed by atoms with Gasteiger partial charge in [0.2, 0.25) is 5.56 Å². The fourth-order valence-corrected chi connectivity index (χ4v) is 4.22. The SMILES string of the molecule is CC(=O)O[C@@H](CNC1(C)Cc2ccccc2C1)c1ccc(O)c2[nH]c(=O)ccc12. The van der Waals surface area contributed by atoms with Crippen molar-refractivity contribution in [2.75, 3.05) is 6.54 Å². The molecule has 0 spiro atoms. The quantitative estimate of drug-likeness (QED) is 0.581. The van der Waals surface area contributed by atoms with Crippen LogP contribution in [0.2, 0.25) is 0 Å². The predicted octanol–water partition coefficient (Wildman–Crippen LogP) is 2.99. The molecule has 1 aromatic heterocycles. The molecule has 0 aliphatic heterocycles. The molecule has 0 saturated carbocycles. The second-order valence-corrected chi connectivity index (χ2v) is 7.95. The summed E-state index contributed by atoms with van der Waals surface area (Å²) in [5.41, 5.74) is 3.30. The van der Waals surface area contributed by atoms with E-state index in [2.05, 4.69) is 41.5 Å². The number of hydrogen-bond acceptors (Lipinski definition) is 5. The molecule has 3 aromatic rings. The number of nitrogens with one attached hydrogen (secondary N) is 2. The van der Waals surface area contributed by atoms with E-state index in [9.17, 15) is 14.7 Å². The fourth-order valence-electron chi connectivity index (χ4n) is 4.22. The van der Waals surface area contributed by atoms with E-state index in [0.717, 1.165) is 18.4 Å². The highest BCUT2D eigenvalue weighted by molar-refractivity contribution is 5.87. The lowest BCUT2D eigenvalue weighted by atomic mass is 9.96. The summed E-state index contributed by atoms with van der Waals surface area (Å²) in [6.07, 6.45) is 1.25. The third kappa shape index (κ3) is 3.89. The van der Waals surface area contributed by atoms with Gasteiger partial charge in [0, 0.05) is 36.0 Å². The van der Waals surface area contributed by atoms with Crippen molar-refractivity contribution in [2.45, 2.75) is 38.3 Å². The maximum atomic E-state index is 11.8. The number of esters is 1. The monoisotopic (exact) mass is 392 g/mol. The van der Waals surface area contributed by atoms with Crippen LogP contribution in [0, 0.1) is 0 Å². The minimum atomic E-state index is -0.554. The number of ether oxygens (including phenoxy) is 1. The molecular formula is C23H24N2O4. The lowest BCUT2D eigenvalue weighted by Crippen LogP contribution is -2.45. The second-order valence-electron chi connectivity index (χ2n) is 7.95. The first-order chi connectivity index (χ1) is 13.8. The van der Waals surface area contributed by atoms with Crippen molar-refractivity contribution in [1.29, 1.82) is 0 Å². The van der Waals surface area contributed by atoms with E-state index in [1.165, 1.54) is 30.2 Å². The zero-order valence-corrected chi connectivity index (χ0v) is 16.5. The zero-order chi connectivity index (χ0) is 20.6. The molecule has 6 nitrogen and oxygen atoms in total. The fraction of sp³-hybridized carbons (Fsp3) is 0.304. The number of aromatic hydroxyl groups is 1. The Kier molecular flexibility index (Phi) is 4.88. The summed E-state index contributed by atoms with van der Waals surface area (Å²) in [7, 11) is 0. The Balaban J connectivity index is 1.63. The number of aromatic amines is 1. The predicted molar refractivity (Wildman–Crippen MR) is 111 cm³/mol. The summed E-state index contributed by atoms with van der Waals surface area (Å²) in [5.74, 6) is -0.406. The van der Waals surface area contributed by atoms with E-state index >= 15 is 0 Å². The Bertz CT molecular complexity index is 1110. The van der Waals surface area contributed by atoms with Gasteiger partial charge in [0.25, 0.3) is 0 Å². The van der Waals surface area contributed by atoms with Crippen molar-refractivity contribution < 1.29 is 14.6 Å². The number of carbonyl (C=O) groups excluding carboxylic acids is 1. The molecule has 1 aliphatic carbocycles. The molecule has 29 heavy (non-hydrogen) atoms. The average Bonchev–Trinajstić information content (AvgIpc) is 3.02. The zero-order valence-electron chi connectivity index (χ0n) is 16.5. The summed E-state index contributed by atoms with van der Waals surface area (Å²) in [4.78, 5) is 26.1. The van der Waals surface area contributed by atoms with Gasteiger partial charge >= 0.3 is 5.97 Å². The number of phenolic OH excluding ortho intramolecular Hbond substituents is 1. The van der Waals surface area contributed by atoms with E-state index in [0.29, 0.717) is 17.4 Å². The first kappa shape index (κ1) is 19.2. The minimum absolute atomic E-state index is 0.0193. The van der Waals surface area contributed by atoms with Crippen LogP contribution in [-0.2, 0) is 22.4 Å². The van der Waals surface area contributed by atoms with E-state index in [-0.39, 0.29) is 22.8 Å². The largest absolute Gasteiger partial charge is 0.506 e. The number of carbonyl (C=O) groups is 1. The summed E-state index contributed by atoms with van der Waals surface area (Å²) in [5, 5.41) is 14.4. The number of aromatic nitrogens is 1. The van der Waals surface area contributed by atoms with E-state index < -0.39 is 6.10 Å². The van der Waals surface area contributed by atoms with E-state index in [1.54, 1.807) is 12.1 Å². The van der Waals surface area contributed by atoms with Crippen LogP contribution >= 0.6 is 0 Å². The number of pyridine rings is 1. The van der Waals surface area contributed by atoms with Crippen molar-refractivity contribution in [3.8, 4) is 5.75 Å². The molecular weight excluding hydrogens is 368 g/mol. The van der Waals surface area contributed by atoms with Crippen LogP contribution in [0.1, 0.15) is 36.6 Å². The van der Waals surface area contributed by atoms with Gasteiger partial charge in [-0.05, 0) is 43.0 Å². The molecule has 0 unspecified atom stereocenters. The molecule has 1 aliphatic rings. The van der Waals surface area contributed by atoms with Gasteiger partial charge in [-0.3, -0.25) is 9.59 Å². The smallest absolute Gasteiger partial charge is 0.303 e. The molecule has 1 heterocycles. The van der Waals surface area contributed by atoms with Crippen LogP contribution in [0.4, 0.5) is 0 Å². The second kappa shape index (κ2) is 7.37. The van der Waals surface area contributed by atoms with Gasteiger partial charge < -0.3 is 20.1 Å². The summed E-state index contributed by atoms with van der Waals surface area (Å²) in [6, 6.07) is 14.7. The molecule has 4 rings (SSSR count). The van der Waals surface area contributed by atoms with Gasteiger partial charge in [0.05, 0.1) is 5.52 Å². The third-order valence-corrected chi connectivity index (χ3v) is 5.56. The highest BCUT2D eigenvalue weighted by Gasteiger charge is 2.33. The molecule has 0 bridgehead atoms. The third-order valence-electron chi connectivity index (χ3n) is 5.56. The van der Waals surface area contributed by atoms with Crippen LogP contribution in [0.15, 0.2) is 53.3 Å². The number of fused-ring (bicyclic) bond motifs is 2. The molecule has 3 N–H and O–H groups in total. The van der Waals surface area contributed by atoms with Crippen LogP contribution in [-0.4, -0.2) is 28.1 Å². The highest BCUT2D eigenvalue weighted by Crippen LogP contribution is 2.33. The lowest BCUT2D eigenvalue weighted by molar-refractivity contribution is -0.146. The number of H-pyrrole nitrogens is 1. The first-order valence-corrected chi connectivity index (χ1v) is 9.69. The van der Waals surface area contributed by atoms with Gasteiger partial charge in [0.15, 0.2) is 0 Å². The first-order valence-electron chi connectivity index (χ1n) is 9.69. The van der Waals surface area contributed by atoms with Crippen LogP contribution in [0.5, 0.6) is 5.75 Å². The van der Waals surface area contributed by atoms with E-state index in [1.807, 2.05) is 0 Å². The van der Waals surface area contributed by atoms with Gasteiger partial charge in [-0.15, -0.1) is 0 Å². The number of hydrogen-bond donors (Lipinski definition) is 3. The Hall–Kier alpha value is -3.12. The van der Waals surface area contributed by atoms with Crippen molar-refractivity contribution in [2.24, 2.45) is 0 Å². The van der Waals surface area contributed by atoms with Crippen molar-refractivity contribution in [3.63, 3.8) is 0 Å². The van der Waals surface area contributed by atoms with Crippen LogP contribution in [0.25, 0.3) is 10.9 Å². The maximum absolute atomic E-state index is 11.8. The Labute approximate surface area is 168 Å². The summed E-state index contributed by atoms with van der Waals surface area (Å²) >= 11 is 0. The van der Waals surface area contributed by atoms with Gasteiger partial charge in [-0.1, -0.05) is 30.3 Å². The average molecular weight is 392 g/mol. The number of rotatable bonds is 5. The Morgan fingerprint density at radius 1 is 1.17 bits per heavy atom. The molecule has 0 amide bonds. The van der Waals surface area contributed by atoms with Gasteiger partial charge in [0.1, 0.15) is 11.9 Å². The molecule has 0 radical (unpaired) electrons. The van der Waals surface area contributed by atoms with Crippen molar-refractivity contribution >= 4 is 16.9 Å². The molecule has 6 heteroatoms. The molecule has 0 saturated heterocycles. The minimum Gasteiger partial charge on any atom is -0.506 e. The van der Waals surface area contributed by atoms with E-state index in [4.69, 9.17) is 4.74 Å². The van der Waals surface area contributed by atoms with Crippen LogP contribution in [0.3, 0.4) is 0 Å². The number of phenols is 1. The summed E-state index contributed by atoms with van der Waals surface area (Å²) in [6.45, 7) is 3.97.